The van der Waals surface area contributed by atoms with Crippen LogP contribution >= 0.6 is 11.8 Å². The second-order valence-corrected chi connectivity index (χ2v) is 6.24. The van der Waals surface area contributed by atoms with Crippen molar-refractivity contribution < 1.29 is 13.2 Å². The molecule has 1 fully saturated rings. The maximum absolute atomic E-state index is 12.2. The molecule has 0 saturated heterocycles. The summed E-state index contributed by atoms with van der Waals surface area (Å²) in [6, 6.07) is 6.74. The molecule has 0 bridgehead atoms. The monoisotopic (exact) mass is 304 g/mol. The number of alkyl halides is 3. The smallest absolute Gasteiger partial charge is 0.382 e. The van der Waals surface area contributed by atoms with Gasteiger partial charge in [0.05, 0.1) is 0 Å². The molecule has 0 spiro atoms. The van der Waals surface area contributed by atoms with Gasteiger partial charge in [0.25, 0.3) is 0 Å². The van der Waals surface area contributed by atoms with E-state index in [0.717, 1.165) is 18.5 Å². The Balaban J connectivity index is 1.96. The summed E-state index contributed by atoms with van der Waals surface area (Å²) >= 11 is -0.0872. The van der Waals surface area contributed by atoms with Crippen LogP contribution in [0, 0.1) is 5.92 Å². The summed E-state index contributed by atoms with van der Waals surface area (Å²) < 4.78 is 36.7. The zero-order valence-electron chi connectivity index (χ0n) is 11.1. The molecule has 0 amide bonds. The van der Waals surface area contributed by atoms with Crippen molar-refractivity contribution in [2.45, 2.75) is 42.1 Å². The normalized spacial score (nSPS) is 23.6. The minimum atomic E-state index is -4.23. The molecule has 20 heavy (non-hydrogen) atoms. The van der Waals surface area contributed by atoms with Gasteiger partial charge in [-0.1, -0.05) is 12.8 Å². The lowest BCUT2D eigenvalue weighted by Crippen LogP contribution is -2.36. The van der Waals surface area contributed by atoms with Crippen LogP contribution in [0.1, 0.15) is 25.7 Å². The topological polar surface area (TPSA) is 38.0 Å². The molecular weight excluding hydrogens is 285 g/mol. The van der Waals surface area contributed by atoms with E-state index in [4.69, 9.17) is 5.73 Å². The van der Waals surface area contributed by atoms with Gasteiger partial charge in [-0.3, -0.25) is 0 Å². The quantitative estimate of drug-likeness (QED) is 0.818. The highest BCUT2D eigenvalue weighted by atomic mass is 32.2. The summed E-state index contributed by atoms with van der Waals surface area (Å²) in [5.41, 5.74) is 2.40. The lowest BCUT2D eigenvalue weighted by atomic mass is 9.84. The van der Waals surface area contributed by atoms with Crippen LogP contribution in [0.25, 0.3) is 0 Å². The largest absolute Gasteiger partial charge is 0.446 e. The first-order chi connectivity index (χ1) is 9.48. The van der Waals surface area contributed by atoms with Gasteiger partial charge in [0.2, 0.25) is 0 Å². The highest BCUT2D eigenvalue weighted by Crippen LogP contribution is 2.37. The summed E-state index contributed by atoms with van der Waals surface area (Å²) in [5, 5.41) is 3.40. The number of hydrogen-bond donors (Lipinski definition) is 2. The molecule has 1 aliphatic rings. The maximum Gasteiger partial charge on any atom is 0.446 e. The number of halogens is 3. The van der Waals surface area contributed by atoms with Crippen molar-refractivity contribution >= 4 is 17.4 Å². The van der Waals surface area contributed by atoms with Gasteiger partial charge >= 0.3 is 5.51 Å². The number of nitrogens with one attached hydrogen (secondary N) is 1. The molecule has 6 heteroatoms. The molecule has 0 radical (unpaired) electrons. The maximum atomic E-state index is 12.2. The third kappa shape index (κ3) is 4.59. The van der Waals surface area contributed by atoms with Crippen LogP contribution in [-0.4, -0.2) is 18.1 Å². The second kappa shape index (κ2) is 6.72. The Labute approximate surface area is 121 Å². The fourth-order valence-corrected chi connectivity index (χ4v) is 3.19. The summed E-state index contributed by atoms with van der Waals surface area (Å²) in [6.07, 6.45) is 4.58. The Kier molecular flexibility index (Phi) is 5.21. The predicted octanol–water partition coefficient (Wildman–Crippen LogP) is 4.23. The van der Waals surface area contributed by atoms with Crippen molar-refractivity contribution in [1.29, 1.82) is 0 Å². The van der Waals surface area contributed by atoms with Gasteiger partial charge < -0.3 is 11.1 Å². The molecule has 112 valence electrons. The zero-order valence-corrected chi connectivity index (χ0v) is 11.9. The minimum Gasteiger partial charge on any atom is -0.382 e. The molecule has 1 aliphatic carbocycles. The molecule has 0 aliphatic heterocycles. The third-order valence-electron chi connectivity index (χ3n) is 3.65. The summed E-state index contributed by atoms with van der Waals surface area (Å²) in [5.74, 6) is 0.452. The molecule has 1 aromatic carbocycles. The van der Waals surface area contributed by atoms with Crippen LogP contribution in [-0.2, 0) is 0 Å². The van der Waals surface area contributed by atoms with Crippen molar-refractivity contribution in [3.05, 3.63) is 24.3 Å². The molecule has 0 aromatic heterocycles. The highest BCUT2D eigenvalue weighted by molar-refractivity contribution is 8.00. The highest BCUT2D eigenvalue weighted by Gasteiger charge is 2.29. The molecule has 2 rings (SSSR count). The lowest BCUT2D eigenvalue weighted by molar-refractivity contribution is -0.0328. The third-order valence-corrected chi connectivity index (χ3v) is 4.39. The number of benzene rings is 1. The van der Waals surface area contributed by atoms with Gasteiger partial charge in [0.1, 0.15) is 0 Å². The van der Waals surface area contributed by atoms with Crippen LogP contribution in [0.4, 0.5) is 18.9 Å². The van der Waals surface area contributed by atoms with E-state index >= 15 is 0 Å². The van der Waals surface area contributed by atoms with Crippen LogP contribution in [0.3, 0.4) is 0 Å². The number of anilines is 1. The van der Waals surface area contributed by atoms with E-state index in [1.54, 1.807) is 12.1 Å². The molecule has 2 atom stereocenters. The van der Waals surface area contributed by atoms with E-state index in [9.17, 15) is 13.2 Å². The van der Waals surface area contributed by atoms with Gasteiger partial charge in [-0.2, -0.15) is 13.2 Å². The molecule has 1 saturated carbocycles. The molecular formula is C14H19F3N2S. The average Bonchev–Trinajstić information content (AvgIpc) is 2.40. The van der Waals surface area contributed by atoms with Crippen LogP contribution in [0.5, 0.6) is 0 Å². The lowest BCUT2D eigenvalue weighted by Gasteiger charge is -2.32. The van der Waals surface area contributed by atoms with Crippen molar-refractivity contribution in [3.63, 3.8) is 0 Å². The van der Waals surface area contributed by atoms with E-state index in [2.05, 4.69) is 5.32 Å². The number of rotatable bonds is 4. The van der Waals surface area contributed by atoms with Crippen LogP contribution < -0.4 is 11.1 Å². The number of hydrogen-bond acceptors (Lipinski definition) is 3. The van der Waals surface area contributed by atoms with Crippen molar-refractivity contribution in [2.24, 2.45) is 11.7 Å². The van der Waals surface area contributed by atoms with E-state index in [-0.39, 0.29) is 16.7 Å². The Morgan fingerprint density at radius 3 is 2.40 bits per heavy atom. The first kappa shape index (κ1) is 15.5. The van der Waals surface area contributed by atoms with E-state index in [0.29, 0.717) is 18.5 Å². The van der Waals surface area contributed by atoms with Crippen molar-refractivity contribution in [1.82, 2.24) is 0 Å². The van der Waals surface area contributed by atoms with Gasteiger partial charge in [-0.15, -0.1) is 0 Å². The zero-order chi connectivity index (χ0) is 14.6. The fraction of sp³-hybridized carbons (Fsp3) is 0.571. The number of thioether (sulfide) groups is 1. The van der Waals surface area contributed by atoms with Gasteiger partial charge in [-0.05, 0) is 61.3 Å². The summed E-state index contributed by atoms with van der Waals surface area (Å²) in [4.78, 5) is 0.210. The van der Waals surface area contributed by atoms with Crippen molar-refractivity contribution in [2.75, 3.05) is 11.9 Å². The van der Waals surface area contributed by atoms with E-state index in [1.807, 2.05) is 0 Å². The van der Waals surface area contributed by atoms with E-state index in [1.165, 1.54) is 25.0 Å². The number of nitrogens with two attached hydrogens (primary N) is 1. The van der Waals surface area contributed by atoms with Crippen LogP contribution in [0.2, 0.25) is 0 Å². The minimum absolute atomic E-state index is 0.0872. The molecule has 0 heterocycles. The SMILES string of the molecule is NCC1CCCCC1Nc1ccc(SC(F)(F)F)cc1. The molecule has 2 unspecified atom stereocenters. The second-order valence-electron chi connectivity index (χ2n) is 5.10. The van der Waals surface area contributed by atoms with Gasteiger partial charge in [0, 0.05) is 16.6 Å². The first-order valence-electron chi connectivity index (χ1n) is 6.80. The summed E-state index contributed by atoms with van der Waals surface area (Å²) in [7, 11) is 0. The summed E-state index contributed by atoms with van der Waals surface area (Å²) in [6.45, 7) is 0.652. The molecule has 2 nitrogen and oxygen atoms in total. The Morgan fingerprint density at radius 2 is 1.80 bits per heavy atom. The Hall–Kier alpha value is -0.880. The van der Waals surface area contributed by atoms with Crippen LogP contribution in [0.15, 0.2) is 29.2 Å². The van der Waals surface area contributed by atoms with Gasteiger partial charge in [0.15, 0.2) is 0 Å². The van der Waals surface area contributed by atoms with E-state index < -0.39 is 5.51 Å². The molecule has 3 N–H and O–H groups in total. The first-order valence-corrected chi connectivity index (χ1v) is 7.62. The van der Waals surface area contributed by atoms with Gasteiger partial charge in [-0.25, -0.2) is 0 Å². The predicted molar refractivity (Wildman–Crippen MR) is 76.8 cm³/mol. The standard InChI is InChI=1S/C14H19F3N2S/c15-14(16,17)20-12-7-5-11(6-8-12)19-13-4-2-1-3-10(13)9-18/h5-8,10,13,19H,1-4,9,18H2. The molecule has 1 aromatic rings. The average molecular weight is 304 g/mol. The fourth-order valence-electron chi connectivity index (χ4n) is 2.65. The Morgan fingerprint density at radius 1 is 1.15 bits per heavy atom. The Bertz CT molecular complexity index is 419. The van der Waals surface area contributed by atoms with Crippen molar-refractivity contribution in [3.8, 4) is 0 Å².